The van der Waals surface area contributed by atoms with Crippen molar-refractivity contribution >= 4 is 17.0 Å². The van der Waals surface area contributed by atoms with Crippen LogP contribution < -0.4 is 5.73 Å². The minimum atomic E-state index is -0.906. The third-order valence-electron chi connectivity index (χ3n) is 2.38. The summed E-state index contributed by atoms with van der Waals surface area (Å²) in [6.07, 6.45) is 1.58. The van der Waals surface area contributed by atoms with Crippen LogP contribution in [0.25, 0.3) is 11.0 Å². The summed E-state index contributed by atoms with van der Waals surface area (Å²) in [5.74, 6) is -1.56. The SMILES string of the molecule is NCC(C(=O)O)c1ccc2nc[nH]c2c1. The molecule has 0 spiro atoms. The number of benzene rings is 1. The molecule has 5 nitrogen and oxygen atoms in total. The molecule has 0 saturated heterocycles. The van der Waals surface area contributed by atoms with Gasteiger partial charge in [-0.05, 0) is 17.7 Å². The molecule has 4 N–H and O–H groups in total. The van der Waals surface area contributed by atoms with Gasteiger partial charge in [0.25, 0.3) is 0 Å². The minimum Gasteiger partial charge on any atom is -0.481 e. The summed E-state index contributed by atoms with van der Waals surface area (Å²) in [6, 6.07) is 5.30. The van der Waals surface area contributed by atoms with Gasteiger partial charge in [-0.3, -0.25) is 4.79 Å². The minimum absolute atomic E-state index is 0.0922. The molecular formula is C10H11N3O2. The van der Waals surface area contributed by atoms with Gasteiger partial charge in [-0.15, -0.1) is 0 Å². The van der Waals surface area contributed by atoms with Crippen molar-refractivity contribution in [2.45, 2.75) is 5.92 Å². The van der Waals surface area contributed by atoms with Crippen LogP contribution in [0.3, 0.4) is 0 Å². The van der Waals surface area contributed by atoms with E-state index in [4.69, 9.17) is 10.8 Å². The summed E-state index contributed by atoms with van der Waals surface area (Å²) < 4.78 is 0. The molecule has 78 valence electrons. The van der Waals surface area contributed by atoms with Gasteiger partial charge in [0.15, 0.2) is 0 Å². The number of carboxylic acid groups (broad SMARTS) is 1. The fourth-order valence-corrected chi connectivity index (χ4v) is 1.55. The van der Waals surface area contributed by atoms with Crippen LogP contribution in [-0.2, 0) is 4.79 Å². The number of imidazole rings is 1. The highest BCUT2D eigenvalue weighted by atomic mass is 16.4. The van der Waals surface area contributed by atoms with Gasteiger partial charge in [0.05, 0.1) is 23.3 Å². The number of rotatable bonds is 3. The first kappa shape index (κ1) is 9.67. The summed E-state index contributed by atoms with van der Waals surface area (Å²) in [4.78, 5) is 17.9. The highest BCUT2D eigenvalue weighted by Crippen LogP contribution is 2.19. The molecule has 1 aromatic carbocycles. The van der Waals surface area contributed by atoms with Crippen molar-refractivity contribution in [2.75, 3.05) is 6.54 Å². The molecule has 0 radical (unpaired) electrons. The number of H-pyrrole nitrogens is 1. The Balaban J connectivity index is 2.46. The summed E-state index contributed by atoms with van der Waals surface area (Å²) in [7, 11) is 0. The Bertz CT molecular complexity index is 492. The van der Waals surface area contributed by atoms with Crippen molar-refractivity contribution in [3.05, 3.63) is 30.1 Å². The van der Waals surface area contributed by atoms with Gasteiger partial charge < -0.3 is 15.8 Å². The maximum atomic E-state index is 10.9. The first-order valence-corrected chi connectivity index (χ1v) is 4.58. The summed E-state index contributed by atoms with van der Waals surface area (Å²) >= 11 is 0. The average molecular weight is 205 g/mol. The number of carboxylic acids is 1. The molecule has 0 saturated carbocycles. The predicted octanol–water partition coefficient (Wildman–Crippen LogP) is 0.690. The van der Waals surface area contributed by atoms with Gasteiger partial charge in [0.1, 0.15) is 0 Å². The van der Waals surface area contributed by atoms with Crippen LogP contribution in [0.15, 0.2) is 24.5 Å². The number of aromatic amines is 1. The Morgan fingerprint density at radius 2 is 2.40 bits per heavy atom. The zero-order chi connectivity index (χ0) is 10.8. The third-order valence-corrected chi connectivity index (χ3v) is 2.38. The van der Waals surface area contributed by atoms with Crippen molar-refractivity contribution in [3.63, 3.8) is 0 Å². The lowest BCUT2D eigenvalue weighted by molar-refractivity contribution is -0.138. The molecule has 0 bridgehead atoms. The van der Waals surface area contributed by atoms with E-state index in [1.165, 1.54) is 0 Å². The molecule has 1 atom stereocenters. The zero-order valence-electron chi connectivity index (χ0n) is 7.97. The maximum absolute atomic E-state index is 10.9. The van der Waals surface area contributed by atoms with Crippen LogP contribution in [0.2, 0.25) is 0 Å². The molecule has 1 unspecified atom stereocenters. The Morgan fingerprint density at radius 3 is 3.07 bits per heavy atom. The van der Waals surface area contributed by atoms with E-state index in [0.29, 0.717) is 5.56 Å². The van der Waals surface area contributed by atoms with Crippen molar-refractivity contribution in [2.24, 2.45) is 5.73 Å². The quantitative estimate of drug-likeness (QED) is 0.687. The van der Waals surface area contributed by atoms with Gasteiger partial charge in [0.2, 0.25) is 0 Å². The lowest BCUT2D eigenvalue weighted by Crippen LogP contribution is -2.20. The molecule has 0 aliphatic heterocycles. The fraction of sp³-hybridized carbons (Fsp3) is 0.200. The highest BCUT2D eigenvalue weighted by Gasteiger charge is 2.18. The molecular weight excluding hydrogens is 194 g/mol. The van der Waals surface area contributed by atoms with Crippen LogP contribution in [0.5, 0.6) is 0 Å². The Labute approximate surface area is 85.9 Å². The number of hydrogen-bond donors (Lipinski definition) is 3. The molecule has 0 aliphatic carbocycles. The number of fused-ring (bicyclic) bond motifs is 1. The molecule has 0 aliphatic rings. The molecule has 2 aromatic rings. The van der Waals surface area contributed by atoms with E-state index in [1.807, 2.05) is 0 Å². The molecule has 1 aromatic heterocycles. The third kappa shape index (κ3) is 1.69. The second-order valence-electron chi connectivity index (χ2n) is 3.31. The monoisotopic (exact) mass is 205 g/mol. The first-order chi connectivity index (χ1) is 7.22. The summed E-state index contributed by atoms with van der Waals surface area (Å²) in [5, 5.41) is 8.94. The average Bonchev–Trinajstić information content (AvgIpc) is 2.65. The maximum Gasteiger partial charge on any atom is 0.312 e. The number of nitrogens with one attached hydrogen (secondary N) is 1. The Kier molecular flexibility index (Phi) is 2.39. The standard InChI is InChI=1S/C10H11N3O2/c11-4-7(10(14)15)6-1-2-8-9(3-6)13-5-12-8/h1-3,5,7H,4,11H2,(H,12,13)(H,14,15). The van der Waals surface area contributed by atoms with Gasteiger partial charge in [-0.2, -0.15) is 0 Å². The van der Waals surface area contributed by atoms with E-state index in [2.05, 4.69) is 9.97 Å². The molecule has 1 heterocycles. The number of nitrogens with zero attached hydrogens (tertiary/aromatic N) is 1. The zero-order valence-corrected chi connectivity index (χ0v) is 7.97. The van der Waals surface area contributed by atoms with E-state index >= 15 is 0 Å². The van der Waals surface area contributed by atoms with E-state index in [-0.39, 0.29) is 6.54 Å². The molecule has 2 rings (SSSR count). The van der Waals surface area contributed by atoms with Crippen LogP contribution in [0.1, 0.15) is 11.5 Å². The smallest absolute Gasteiger partial charge is 0.312 e. The van der Waals surface area contributed by atoms with Gasteiger partial charge in [-0.25, -0.2) is 4.98 Å². The van der Waals surface area contributed by atoms with Crippen molar-refractivity contribution in [1.29, 1.82) is 0 Å². The number of aliphatic carboxylic acids is 1. The second-order valence-corrected chi connectivity index (χ2v) is 3.31. The van der Waals surface area contributed by atoms with Crippen LogP contribution >= 0.6 is 0 Å². The topological polar surface area (TPSA) is 92.0 Å². The van der Waals surface area contributed by atoms with E-state index in [0.717, 1.165) is 11.0 Å². The predicted molar refractivity (Wildman–Crippen MR) is 55.5 cm³/mol. The summed E-state index contributed by atoms with van der Waals surface area (Å²) in [5.41, 5.74) is 7.76. The Hall–Kier alpha value is -1.88. The van der Waals surface area contributed by atoms with Crippen LogP contribution in [0.4, 0.5) is 0 Å². The van der Waals surface area contributed by atoms with E-state index < -0.39 is 11.9 Å². The van der Waals surface area contributed by atoms with E-state index in [9.17, 15) is 4.79 Å². The lowest BCUT2D eigenvalue weighted by atomic mass is 9.99. The normalized spacial score (nSPS) is 12.9. The Morgan fingerprint density at radius 1 is 1.60 bits per heavy atom. The summed E-state index contributed by atoms with van der Waals surface area (Å²) in [6.45, 7) is 0.0922. The molecule has 15 heavy (non-hydrogen) atoms. The molecule has 0 fully saturated rings. The van der Waals surface area contributed by atoms with Gasteiger partial charge >= 0.3 is 5.97 Å². The molecule has 0 amide bonds. The molecule has 5 heteroatoms. The number of carbonyl (C=O) groups is 1. The lowest BCUT2D eigenvalue weighted by Gasteiger charge is -2.09. The van der Waals surface area contributed by atoms with E-state index in [1.54, 1.807) is 24.5 Å². The van der Waals surface area contributed by atoms with Crippen molar-refractivity contribution < 1.29 is 9.90 Å². The second kappa shape index (κ2) is 3.70. The number of aromatic nitrogens is 2. The number of nitrogens with two attached hydrogens (primary N) is 1. The first-order valence-electron chi connectivity index (χ1n) is 4.58. The largest absolute Gasteiger partial charge is 0.481 e. The number of hydrogen-bond acceptors (Lipinski definition) is 3. The van der Waals surface area contributed by atoms with Gasteiger partial charge in [-0.1, -0.05) is 6.07 Å². The van der Waals surface area contributed by atoms with Crippen molar-refractivity contribution in [1.82, 2.24) is 9.97 Å². The fourth-order valence-electron chi connectivity index (χ4n) is 1.55. The highest BCUT2D eigenvalue weighted by molar-refractivity contribution is 5.80. The van der Waals surface area contributed by atoms with Crippen LogP contribution in [-0.4, -0.2) is 27.6 Å². The van der Waals surface area contributed by atoms with Crippen LogP contribution in [0, 0.1) is 0 Å². The van der Waals surface area contributed by atoms with Gasteiger partial charge in [0, 0.05) is 6.54 Å². The van der Waals surface area contributed by atoms with Crippen molar-refractivity contribution in [3.8, 4) is 0 Å².